The normalized spacial score (nSPS) is 22.2. The second-order valence-electron chi connectivity index (χ2n) is 6.29. The van der Waals surface area contributed by atoms with Crippen molar-refractivity contribution in [2.24, 2.45) is 5.41 Å². The van der Waals surface area contributed by atoms with Crippen molar-refractivity contribution >= 4 is 16.0 Å². The molecule has 1 aliphatic rings. The molecule has 0 radical (unpaired) electrons. The van der Waals surface area contributed by atoms with Crippen LogP contribution in [-0.2, 0) is 19.6 Å². The summed E-state index contributed by atoms with van der Waals surface area (Å²) in [6.07, 6.45) is 1.01. The maximum atomic E-state index is 12.4. The standard InChI is InChI=1S/C16H23NO5S/c1-12(2)13-4-6-14(7-5-13)23(20,21)17-10-16(15(18)19)8-3-9-22-11-16/h4-7,12,17H,3,8-11H2,1-2H3,(H,18,19). The average molecular weight is 341 g/mol. The fourth-order valence-electron chi connectivity index (χ4n) is 2.58. The van der Waals surface area contributed by atoms with E-state index in [1.807, 2.05) is 13.8 Å². The first-order valence-corrected chi connectivity index (χ1v) is 9.16. The predicted octanol–water partition coefficient (Wildman–Crippen LogP) is 1.97. The fraction of sp³-hybridized carbons (Fsp3) is 0.562. The van der Waals surface area contributed by atoms with Crippen LogP contribution in [0.4, 0.5) is 0 Å². The molecule has 1 fully saturated rings. The molecule has 1 saturated heterocycles. The lowest BCUT2D eigenvalue weighted by Crippen LogP contribution is -2.48. The van der Waals surface area contributed by atoms with Crippen molar-refractivity contribution in [2.75, 3.05) is 19.8 Å². The number of aliphatic carboxylic acids is 1. The van der Waals surface area contributed by atoms with Gasteiger partial charge in [-0.2, -0.15) is 0 Å². The largest absolute Gasteiger partial charge is 0.481 e. The van der Waals surface area contributed by atoms with Crippen molar-refractivity contribution in [2.45, 2.75) is 37.5 Å². The van der Waals surface area contributed by atoms with Crippen LogP contribution in [0.5, 0.6) is 0 Å². The van der Waals surface area contributed by atoms with E-state index in [9.17, 15) is 18.3 Å². The van der Waals surface area contributed by atoms with Crippen LogP contribution in [-0.4, -0.2) is 39.3 Å². The summed E-state index contributed by atoms with van der Waals surface area (Å²) in [5.41, 5.74) is -0.143. The molecule has 0 spiro atoms. The first-order valence-electron chi connectivity index (χ1n) is 7.68. The second kappa shape index (κ2) is 6.98. The minimum Gasteiger partial charge on any atom is -0.481 e. The summed E-state index contributed by atoms with van der Waals surface area (Å²) in [6.45, 7) is 4.43. The van der Waals surface area contributed by atoms with Gasteiger partial charge in [-0.15, -0.1) is 0 Å². The van der Waals surface area contributed by atoms with Crippen LogP contribution >= 0.6 is 0 Å². The lowest BCUT2D eigenvalue weighted by Gasteiger charge is -2.32. The highest BCUT2D eigenvalue weighted by Gasteiger charge is 2.41. The Hall–Kier alpha value is -1.44. The highest BCUT2D eigenvalue weighted by molar-refractivity contribution is 7.89. The highest BCUT2D eigenvalue weighted by atomic mass is 32.2. The lowest BCUT2D eigenvalue weighted by atomic mass is 9.83. The van der Waals surface area contributed by atoms with Crippen molar-refractivity contribution in [3.8, 4) is 0 Å². The van der Waals surface area contributed by atoms with E-state index in [2.05, 4.69) is 4.72 Å². The lowest BCUT2D eigenvalue weighted by molar-refractivity contribution is -0.156. The smallest absolute Gasteiger partial charge is 0.313 e. The minimum absolute atomic E-state index is 0.0249. The molecular formula is C16H23NO5S. The minimum atomic E-state index is -3.74. The van der Waals surface area contributed by atoms with Crippen molar-refractivity contribution in [1.29, 1.82) is 0 Å². The van der Waals surface area contributed by atoms with Gasteiger partial charge in [0.2, 0.25) is 10.0 Å². The molecule has 1 unspecified atom stereocenters. The van der Waals surface area contributed by atoms with E-state index in [0.717, 1.165) is 5.56 Å². The number of nitrogens with one attached hydrogen (secondary N) is 1. The zero-order valence-corrected chi connectivity index (χ0v) is 14.2. The zero-order valence-electron chi connectivity index (χ0n) is 13.4. The Morgan fingerprint density at radius 3 is 2.48 bits per heavy atom. The fourth-order valence-corrected chi connectivity index (χ4v) is 3.71. The molecular weight excluding hydrogens is 318 g/mol. The molecule has 7 heteroatoms. The number of carboxylic acid groups (broad SMARTS) is 1. The summed E-state index contributed by atoms with van der Waals surface area (Å²) in [5, 5.41) is 9.44. The van der Waals surface area contributed by atoms with E-state index in [0.29, 0.717) is 25.4 Å². The molecule has 128 valence electrons. The Labute approximate surface area is 136 Å². The summed E-state index contributed by atoms with van der Waals surface area (Å²) in [6, 6.07) is 6.64. The van der Waals surface area contributed by atoms with Crippen LogP contribution in [0.2, 0.25) is 0 Å². The molecule has 0 amide bonds. The van der Waals surface area contributed by atoms with Gasteiger partial charge in [0.15, 0.2) is 0 Å². The van der Waals surface area contributed by atoms with Gasteiger partial charge in [-0.3, -0.25) is 4.79 Å². The number of carboxylic acids is 1. The second-order valence-corrected chi connectivity index (χ2v) is 8.06. The number of sulfonamides is 1. The molecule has 2 N–H and O–H groups in total. The van der Waals surface area contributed by atoms with Gasteiger partial charge in [-0.1, -0.05) is 26.0 Å². The Kier molecular flexibility index (Phi) is 5.44. The molecule has 23 heavy (non-hydrogen) atoms. The summed E-state index contributed by atoms with van der Waals surface area (Å²) in [5.74, 6) is -0.718. The van der Waals surface area contributed by atoms with Crippen LogP contribution in [0.1, 0.15) is 38.2 Å². The Balaban J connectivity index is 2.12. The quantitative estimate of drug-likeness (QED) is 0.825. The number of hydrogen-bond donors (Lipinski definition) is 2. The van der Waals surface area contributed by atoms with E-state index >= 15 is 0 Å². The van der Waals surface area contributed by atoms with E-state index in [1.54, 1.807) is 24.3 Å². The van der Waals surface area contributed by atoms with Gasteiger partial charge in [0.25, 0.3) is 0 Å². The molecule has 6 nitrogen and oxygen atoms in total. The van der Waals surface area contributed by atoms with Crippen LogP contribution in [0.3, 0.4) is 0 Å². The summed E-state index contributed by atoms with van der Waals surface area (Å²) in [7, 11) is -3.74. The van der Waals surface area contributed by atoms with Crippen molar-refractivity contribution in [1.82, 2.24) is 4.72 Å². The average Bonchev–Trinajstić information content (AvgIpc) is 2.54. The molecule has 1 atom stereocenters. The van der Waals surface area contributed by atoms with Crippen LogP contribution < -0.4 is 4.72 Å². The van der Waals surface area contributed by atoms with Gasteiger partial charge in [0, 0.05) is 13.2 Å². The molecule has 0 aliphatic carbocycles. The topological polar surface area (TPSA) is 92.7 Å². The van der Waals surface area contributed by atoms with Gasteiger partial charge < -0.3 is 9.84 Å². The van der Waals surface area contributed by atoms with Gasteiger partial charge >= 0.3 is 5.97 Å². The summed E-state index contributed by atoms with van der Waals surface area (Å²) in [4.78, 5) is 11.7. The maximum Gasteiger partial charge on any atom is 0.313 e. The first-order chi connectivity index (χ1) is 10.8. The molecule has 0 saturated carbocycles. The number of carbonyl (C=O) groups is 1. The molecule has 2 rings (SSSR count). The van der Waals surface area contributed by atoms with Gasteiger partial charge in [-0.05, 0) is 36.5 Å². The molecule has 1 aromatic carbocycles. The third-order valence-corrected chi connectivity index (χ3v) is 5.65. The van der Waals surface area contributed by atoms with Crippen LogP contribution in [0.25, 0.3) is 0 Å². The first kappa shape index (κ1) is 17.9. The number of benzene rings is 1. The van der Waals surface area contributed by atoms with Gasteiger partial charge in [-0.25, -0.2) is 13.1 Å². The highest BCUT2D eigenvalue weighted by Crippen LogP contribution is 2.29. The van der Waals surface area contributed by atoms with E-state index in [-0.39, 0.29) is 18.0 Å². The monoisotopic (exact) mass is 341 g/mol. The number of rotatable bonds is 6. The third-order valence-electron chi connectivity index (χ3n) is 4.23. The van der Waals surface area contributed by atoms with E-state index in [1.165, 1.54) is 0 Å². The van der Waals surface area contributed by atoms with Crippen molar-refractivity contribution < 1.29 is 23.1 Å². The predicted molar refractivity (Wildman–Crippen MR) is 85.8 cm³/mol. The molecule has 0 aromatic heterocycles. The number of hydrogen-bond acceptors (Lipinski definition) is 4. The molecule has 1 aliphatic heterocycles. The van der Waals surface area contributed by atoms with Crippen molar-refractivity contribution in [3.05, 3.63) is 29.8 Å². The van der Waals surface area contributed by atoms with Crippen molar-refractivity contribution in [3.63, 3.8) is 0 Å². The Bertz CT molecular complexity index is 646. The van der Waals surface area contributed by atoms with Crippen LogP contribution in [0.15, 0.2) is 29.2 Å². The van der Waals surface area contributed by atoms with Gasteiger partial charge in [0.1, 0.15) is 5.41 Å². The Morgan fingerprint density at radius 1 is 1.35 bits per heavy atom. The summed E-state index contributed by atoms with van der Waals surface area (Å²) >= 11 is 0. The maximum absolute atomic E-state index is 12.4. The van der Waals surface area contributed by atoms with E-state index < -0.39 is 21.4 Å². The molecule has 0 bridgehead atoms. The zero-order chi connectivity index (χ0) is 17.1. The van der Waals surface area contributed by atoms with Crippen LogP contribution in [0, 0.1) is 5.41 Å². The van der Waals surface area contributed by atoms with E-state index in [4.69, 9.17) is 4.74 Å². The molecule has 1 heterocycles. The molecule has 1 aromatic rings. The summed E-state index contributed by atoms with van der Waals surface area (Å²) < 4.78 is 32.4. The van der Waals surface area contributed by atoms with Gasteiger partial charge in [0.05, 0.1) is 11.5 Å². The SMILES string of the molecule is CC(C)c1ccc(S(=O)(=O)NCC2(C(=O)O)CCCOC2)cc1. The third kappa shape index (κ3) is 4.10. The number of ether oxygens (including phenoxy) is 1. The Morgan fingerprint density at radius 2 is 2.00 bits per heavy atom.